The summed E-state index contributed by atoms with van der Waals surface area (Å²) in [6.07, 6.45) is 2.45. The number of morpholine rings is 1. The number of ether oxygens (including phenoxy) is 1. The molecule has 2 N–H and O–H groups in total. The molecule has 0 aromatic heterocycles. The lowest BCUT2D eigenvalue weighted by atomic mass is 9.86. The monoisotopic (exact) mass is 469 g/mol. The average Bonchev–Trinajstić information content (AvgIpc) is 2.66. The first kappa shape index (κ1) is 24.9. The normalized spacial score (nSPS) is 27.2. The number of sulfonamides is 1. The zero-order valence-electron chi connectivity index (χ0n) is 19.7. The predicted octanol–water partition coefficient (Wildman–Crippen LogP) is 3.65. The quantitative estimate of drug-likeness (QED) is 0.687. The molecule has 2 fully saturated rings. The summed E-state index contributed by atoms with van der Waals surface area (Å²) >= 11 is 0. The van der Waals surface area contributed by atoms with E-state index >= 15 is 0 Å². The fraction of sp³-hybridized carbons (Fsp3) is 0.696. The van der Waals surface area contributed by atoms with Gasteiger partial charge in [-0.2, -0.15) is 0 Å². The number of carbonyl (C=O) groups excluding carboxylic acids is 1. The van der Waals surface area contributed by atoms with Crippen molar-refractivity contribution in [1.82, 2.24) is 4.72 Å². The molecular weight excluding hydrogens is 433 g/mol. The molecule has 32 heavy (non-hydrogen) atoms. The molecule has 1 aromatic rings. The third-order valence-electron chi connectivity index (χ3n) is 6.20. The Labute approximate surface area is 191 Å². The minimum Gasteiger partial charge on any atom is -0.372 e. The van der Waals surface area contributed by atoms with Crippen molar-refractivity contribution in [1.29, 1.82) is 0 Å². The van der Waals surface area contributed by atoms with Gasteiger partial charge in [0.15, 0.2) is 0 Å². The van der Waals surface area contributed by atoms with Crippen molar-refractivity contribution in [3.63, 3.8) is 0 Å². The van der Waals surface area contributed by atoms with Crippen LogP contribution in [-0.2, 0) is 19.6 Å². The van der Waals surface area contributed by atoms with Crippen LogP contribution in [0.3, 0.4) is 0 Å². The average molecular weight is 470 g/mol. The smallest absolute Gasteiger partial charge is 0.227 e. The Balaban J connectivity index is 1.55. The van der Waals surface area contributed by atoms with Gasteiger partial charge in [0.1, 0.15) is 5.82 Å². The lowest BCUT2D eigenvalue weighted by Crippen LogP contribution is -2.46. The van der Waals surface area contributed by atoms with E-state index < -0.39 is 14.8 Å². The number of nitrogens with one attached hydrogen (secondary N) is 2. The van der Waals surface area contributed by atoms with Crippen LogP contribution in [-0.4, -0.2) is 50.4 Å². The van der Waals surface area contributed by atoms with Crippen LogP contribution in [0.2, 0.25) is 0 Å². The molecule has 3 rings (SSSR count). The molecule has 1 saturated heterocycles. The number of carbonyl (C=O) groups is 1. The van der Waals surface area contributed by atoms with E-state index in [4.69, 9.17) is 4.74 Å². The topological polar surface area (TPSA) is 87.7 Å². The Morgan fingerprint density at radius 3 is 2.22 bits per heavy atom. The van der Waals surface area contributed by atoms with E-state index in [0.29, 0.717) is 50.1 Å². The van der Waals surface area contributed by atoms with Gasteiger partial charge >= 0.3 is 0 Å². The van der Waals surface area contributed by atoms with Crippen molar-refractivity contribution >= 4 is 27.3 Å². The standard InChI is InChI=1S/C23H36FN3O4S/c1-15-13-27(14-16(2)31-15)21-11-10-19(12-20(21)24)25-22(28)17-6-8-18(9-7-17)26-32(29,30)23(3,4)5/h10-12,15-18,26H,6-9,13-14H2,1-5H3,(H,25,28). The van der Waals surface area contributed by atoms with Gasteiger partial charge in [0, 0.05) is 30.7 Å². The number of hydrogen-bond donors (Lipinski definition) is 2. The zero-order chi connectivity index (χ0) is 23.7. The van der Waals surface area contributed by atoms with Gasteiger partial charge in [-0.1, -0.05) is 0 Å². The molecule has 1 amide bonds. The number of halogens is 1. The minimum absolute atomic E-state index is 0.0283. The van der Waals surface area contributed by atoms with E-state index in [9.17, 15) is 17.6 Å². The molecule has 1 aromatic carbocycles. The first-order valence-electron chi connectivity index (χ1n) is 11.4. The van der Waals surface area contributed by atoms with Crippen LogP contribution in [0.1, 0.15) is 60.3 Å². The Morgan fingerprint density at radius 1 is 1.09 bits per heavy atom. The van der Waals surface area contributed by atoms with Crippen molar-refractivity contribution in [2.75, 3.05) is 23.3 Å². The van der Waals surface area contributed by atoms with Crippen LogP contribution in [0.25, 0.3) is 0 Å². The molecule has 0 bridgehead atoms. The van der Waals surface area contributed by atoms with Gasteiger partial charge in [-0.15, -0.1) is 0 Å². The van der Waals surface area contributed by atoms with Crippen molar-refractivity contribution in [2.45, 2.75) is 83.3 Å². The third kappa shape index (κ3) is 5.99. The predicted molar refractivity (Wildman–Crippen MR) is 125 cm³/mol. The summed E-state index contributed by atoms with van der Waals surface area (Å²) in [6, 6.07) is 4.64. The van der Waals surface area contributed by atoms with Crippen molar-refractivity contribution in [2.24, 2.45) is 5.92 Å². The molecule has 1 aliphatic carbocycles. The van der Waals surface area contributed by atoms with Gasteiger partial charge in [0.05, 0.1) is 22.6 Å². The van der Waals surface area contributed by atoms with E-state index in [0.717, 1.165) is 0 Å². The van der Waals surface area contributed by atoms with Gasteiger partial charge in [0.2, 0.25) is 15.9 Å². The van der Waals surface area contributed by atoms with E-state index in [1.807, 2.05) is 18.7 Å². The highest BCUT2D eigenvalue weighted by molar-refractivity contribution is 7.90. The minimum atomic E-state index is -3.41. The molecule has 2 atom stereocenters. The van der Waals surface area contributed by atoms with Gasteiger partial charge in [-0.3, -0.25) is 4.79 Å². The molecule has 9 heteroatoms. The SMILES string of the molecule is CC1CN(c2ccc(NC(=O)C3CCC(NS(=O)(=O)C(C)(C)C)CC3)cc2F)CC(C)O1. The van der Waals surface area contributed by atoms with Crippen molar-refractivity contribution < 1.29 is 22.3 Å². The molecule has 1 heterocycles. The van der Waals surface area contributed by atoms with E-state index in [2.05, 4.69) is 10.0 Å². The highest BCUT2D eigenvalue weighted by Gasteiger charge is 2.34. The van der Waals surface area contributed by atoms with Gasteiger partial charge in [-0.25, -0.2) is 17.5 Å². The summed E-state index contributed by atoms with van der Waals surface area (Å²) in [4.78, 5) is 14.7. The van der Waals surface area contributed by atoms with E-state index in [-0.39, 0.29) is 35.9 Å². The second kappa shape index (κ2) is 9.65. The molecule has 1 aliphatic heterocycles. The van der Waals surface area contributed by atoms with Crippen molar-refractivity contribution in [3.8, 4) is 0 Å². The molecule has 2 unspecified atom stereocenters. The van der Waals surface area contributed by atoms with Crippen molar-refractivity contribution in [3.05, 3.63) is 24.0 Å². The maximum absolute atomic E-state index is 14.8. The van der Waals surface area contributed by atoms with Gasteiger partial charge in [-0.05, 0) is 78.5 Å². The number of rotatable bonds is 5. The van der Waals surface area contributed by atoms with Crippen LogP contribution < -0.4 is 14.9 Å². The van der Waals surface area contributed by atoms with Crippen LogP contribution in [0.5, 0.6) is 0 Å². The summed E-state index contributed by atoms with van der Waals surface area (Å²) in [7, 11) is -3.41. The summed E-state index contributed by atoms with van der Waals surface area (Å²) in [6.45, 7) is 10.2. The summed E-state index contributed by atoms with van der Waals surface area (Å²) in [5.74, 6) is -0.735. The van der Waals surface area contributed by atoms with E-state index in [1.54, 1.807) is 32.9 Å². The Hall–Kier alpha value is -1.71. The van der Waals surface area contributed by atoms with Gasteiger partial charge in [0.25, 0.3) is 0 Å². The molecular formula is C23H36FN3O4S. The largest absolute Gasteiger partial charge is 0.372 e. The van der Waals surface area contributed by atoms with Crippen LogP contribution in [0.15, 0.2) is 18.2 Å². The second-order valence-electron chi connectivity index (χ2n) is 10.1. The van der Waals surface area contributed by atoms with Gasteiger partial charge < -0.3 is 15.0 Å². The fourth-order valence-corrected chi connectivity index (χ4v) is 5.36. The lowest BCUT2D eigenvalue weighted by Gasteiger charge is -2.37. The Morgan fingerprint density at radius 2 is 1.69 bits per heavy atom. The molecule has 7 nitrogen and oxygen atoms in total. The molecule has 180 valence electrons. The Kier molecular flexibility index (Phi) is 7.51. The Bertz CT molecular complexity index is 914. The summed E-state index contributed by atoms with van der Waals surface area (Å²) < 4.78 is 47.1. The maximum atomic E-state index is 14.8. The third-order valence-corrected chi connectivity index (χ3v) is 8.46. The highest BCUT2D eigenvalue weighted by Crippen LogP contribution is 2.29. The lowest BCUT2D eigenvalue weighted by molar-refractivity contribution is -0.120. The molecule has 1 saturated carbocycles. The summed E-state index contributed by atoms with van der Waals surface area (Å²) in [5.41, 5.74) is 0.942. The first-order chi connectivity index (χ1) is 14.9. The van der Waals surface area contributed by atoms with Crippen LogP contribution >= 0.6 is 0 Å². The number of anilines is 2. The number of benzene rings is 1. The maximum Gasteiger partial charge on any atom is 0.227 e. The van der Waals surface area contributed by atoms with Crippen LogP contribution in [0.4, 0.5) is 15.8 Å². The fourth-order valence-electron chi connectivity index (χ4n) is 4.33. The number of hydrogen-bond acceptors (Lipinski definition) is 5. The second-order valence-corrected chi connectivity index (χ2v) is 12.6. The first-order valence-corrected chi connectivity index (χ1v) is 12.9. The van der Waals surface area contributed by atoms with E-state index in [1.165, 1.54) is 6.07 Å². The molecule has 0 spiro atoms. The molecule has 2 aliphatic rings. The summed E-state index contributed by atoms with van der Waals surface area (Å²) in [5, 5.41) is 2.83. The molecule has 0 radical (unpaired) electrons. The number of amides is 1. The number of nitrogens with zero attached hydrogens (tertiary/aromatic N) is 1. The van der Waals surface area contributed by atoms with Crippen LogP contribution in [0, 0.1) is 11.7 Å². The highest BCUT2D eigenvalue weighted by atomic mass is 32.2. The zero-order valence-corrected chi connectivity index (χ0v) is 20.5.